The van der Waals surface area contributed by atoms with Crippen molar-refractivity contribution in [1.82, 2.24) is 0 Å². The summed E-state index contributed by atoms with van der Waals surface area (Å²) in [6.07, 6.45) is 9.01. The molecule has 0 aromatic rings. The van der Waals surface area contributed by atoms with Crippen LogP contribution >= 0.6 is 0 Å². The summed E-state index contributed by atoms with van der Waals surface area (Å²) in [6.45, 7) is 11.4. The van der Waals surface area contributed by atoms with Crippen LogP contribution in [0.25, 0.3) is 0 Å². The SMILES string of the molecule is CCCC(C)(CC=C(C)C)CCC. The monoisotopic (exact) mass is 182 g/mol. The fraction of sp³-hybridized carbons (Fsp3) is 0.846. The molecule has 0 nitrogen and oxygen atoms in total. The van der Waals surface area contributed by atoms with Gasteiger partial charge >= 0.3 is 0 Å². The molecule has 13 heavy (non-hydrogen) atoms. The summed E-state index contributed by atoms with van der Waals surface area (Å²) in [5, 5.41) is 0. The van der Waals surface area contributed by atoms with Gasteiger partial charge < -0.3 is 0 Å². The summed E-state index contributed by atoms with van der Waals surface area (Å²) in [4.78, 5) is 0. The van der Waals surface area contributed by atoms with Gasteiger partial charge in [0.2, 0.25) is 0 Å². The van der Waals surface area contributed by atoms with Gasteiger partial charge in [-0.2, -0.15) is 0 Å². The Morgan fingerprint density at radius 2 is 1.54 bits per heavy atom. The third-order valence-corrected chi connectivity index (χ3v) is 2.71. The van der Waals surface area contributed by atoms with Gasteiger partial charge in [-0.3, -0.25) is 0 Å². The Labute approximate surface area is 84.4 Å². The van der Waals surface area contributed by atoms with Crippen molar-refractivity contribution in [2.45, 2.75) is 66.7 Å². The molecule has 0 spiro atoms. The van der Waals surface area contributed by atoms with Crippen LogP contribution in [0.5, 0.6) is 0 Å². The zero-order chi connectivity index (χ0) is 10.3. The lowest BCUT2D eigenvalue weighted by atomic mass is 9.78. The third-order valence-electron chi connectivity index (χ3n) is 2.71. The first-order valence-electron chi connectivity index (χ1n) is 5.67. The summed E-state index contributed by atoms with van der Waals surface area (Å²) >= 11 is 0. The van der Waals surface area contributed by atoms with Gasteiger partial charge in [0.1, 0.15) is 0 Å². The molecule has 0 aliphatic heterocycles. The van der Waals surface area contributed by atoms with Crippen molar-refractivity contribution in [2.75, 3.05) is 0 Å². The Balaban J connectivity index is 4.14. The van der Waals surface area contributed by atoms with Gasteiger partial charge in [0, 0.05) is 0 Å². The van der Waals surface area contributed by atoms with E-state index in [2.05, 4.69) is 40.7 Å². The van der Waals surface area contributed by atoms with E-state index >= 15 is 0 Å². The highest BCUT2D eigenvalue weighted by molar-refractivity contribution is 4.96. The standard InChI is InChI=1S/C13H26/c1-6-9-13(5,10-7-2)11-8-12(3)4/h8H,6-7,9-11H2,1-5H3. The zero-order valence-corrected chi connectivity index (χ0v) is 10.1. The quantitative estimate of drug-likeness (QED) is 0.510. The van der Waals surface area contributed by atoms with E-state index in [4.69, 9.17) is 0 Å². The van der Waals surface area contributed by atoms with E-state index in [1.165, 1.54) is 37.7 Å². The first kappa shape index (κ1) is 12.7. The highest BCUT2D eigenvalue weighted by Gasteiger charge is 2.20. The van der Waals surface area contributed by atoms with Crippen molar-refractivity contribution in [2.24, 2.45) is 5.41 Å². The molecule has 0 fully saturated rings. The molecule has 0 heteroatoms. The van der Waals surface area contributed by atoms with Gasteiger partial charge in [-0.25, -0.2) is 0 Å². The van der Waals surface area contributed by atoms with Crippen LogP contribution in [0.15, 0.2) is 11.6 Å². The molecule has 0 N–H and O–H groups in total. The Hall–Kier alpha value is -0.260. The summed E-state index contributed by atoms with van der Waals surface area (Å²) < 4.78 is 0. The number of hydrogen-bond acceptors (Lipinski definition) is 0. The molecule has 0 aliphatic rings. The van der Waals surface area contributed by atoms with Gasteiger partial charge in [0.25, 0.3) is 0 Å². The maximum atomic E-state index is 2.43. The molecule has 0 bridgehead atoms. The molecule has 0 rings (SSSR count). The second-order valence-electron chi connectivity index (χ2n) is 4.80. The minimum absolute atomic E-state index is 0.556. The van der Waals surface area contributed by atoms with Gasteiger partial charge in [-0.05, 0) is 38.5 Å². The number of allylic oxidation sites excluding steroid dienone is 2. The second kappa shape index (κ2) is 6.23. The largest absolute Gasteiger partial charge is 0.0853 e. The average molecular weight is 182 g/mol. The molecular weight excluding hydrogens is 156 g/mol. The van der Waals surface area contributed by atoms with Crippen LogP contribution in [-0.4, -0.2) is 0 Å². The number of hydrogen-bond donors (Lipinski definition) is 0. The Morgan fingerprint density at radius 1 is 1.08 bits per heavy atom. The van der Waals surface area contributed by atoms with Crippen LogP contribution in [0.1, 0.15) is 66.7 Å². The lowest BCUT2D eigenvalue weighted by molar-refractivity contribution is 0.269. The summed E-state index contributed by atoms with van der Waals surface area (Å²) in [6, 6.07) is 0. The first-order chi connectivity index (χ1) is 6.04. The highest BCUT2D eigenvalue weighted by Crippen LogP contribution is 2.33. The third kappa shape index (κ3) is 5.90. The van der Waals surface area contributed by atoms with Crippen LogP contribution in [-0.2, 0) is 0 Å². The minimum Gasteiger partial charge on any atom is -0.0853 e. The molecule has 0 aliphatic carbocycles. The maximum Gasteiger partial charge on any atom is -0.0291 e. The van der Waals surface area contributed by atoms with Crippen molar-refractivity contribution in [3.8, 4) is 0 Å². The van der Waals surface area contributed by atoms with Crippen molar-refractivity contribution in [3.05, 3.63) is 11.6 Å². The van der Waals surface area contributed by atoms with Crippen molar-refractivity contribution >= 4 is 0 Å². The van der Waals surface area contributed by atoms with E-state index in [-0.39, 0.29) is 0 Å². The van der Waals surface area contributed by atoms with E-state index in [1.807, 2.05) is 0 Å². The second-order valence-corrected chi connectivity index (χ2v) is 4.80. The van der Waals surface area contributed by atoms with Crippen molar-refractivity contribution in [1.29, 1.82) is 0 Å². The molecule has 0 radical (unpaired) electrons. The Bertz CT molecular complexity index is 143. The molecule has 0 amide bonds. The van der Waals surface area contributed by atoms with Gasteiger partial charge in [-0.1, -0.05) is 45.3 Å². The van der Waals surface area contributed by atoms with Gasteiger partial charge in [-0.15, -0.1) is 0 Å². The topological polar surface area (TPSA) is 0 Å². The average Bonchev–Trinajstić information content (AvgIpc) is 2.02. The molecule has 0 aromatic heterocycles. The fourth-order valence-electron chi connectivity index (χ4n) is 1.99. The van der Waals surface area contributed by atoms with Gasteiger partial charge in [0.15, 0.2) is 0 Å². The van der Waals surface area contributed by atoms with E-state index in [1.54, 1.807) is 0 Å². The smallest absolute Gasteiger partial charge is 0.0291 e. The molecular formula is C13H26. The molecule has 0 aromatic carbocycles. The molecule has 0 saturated carbocycles. The zero-order valence-electron chi connectivity index (χ0n) is 10.1. The fourth-order valence-corrected chi connectivity index (χ4v) is 1.99. The molecule has 78 valence electrons. The summed E-state index contributed by atoms with van der Waals surface area (Å²) in [5.74, 6) is 0. The lowest BCUT2D eigenvalue weighted by Crippen LogP contribution is -2.14. The van der Waals surface area contributed by atoms with E-state index < -0.39 is 0 Å². The predicted octanol–water partition coefficient (Wildman–Crippen LogP) is 4.95. The van der Waals surface area contributed by atoms with E-state index in [0.717, 1.165) is 0 Å². The van der Waals surface area contributed by atoms with Crippen LogP contribution in [0.3, 0.4) is 0 Å². The van der Waals surface area contributed by atoms with Crippen molar-refractivity contribution in [3.63, 3.8) is 0 Å². The highest BCUT2D eigenvalue weighted by atomic mass is 14.2. The number of rotatable bonds is 6. The molecule has 0 unspecified atom stereocenters. The van der Waals surface area contributed by atoms with Crippen LogP contribution in [0, 0.1) is 5.41 Å². The van der Waals surface area contributed by atoms with E-state index in [9.17, 15) is 0 Å². The Kier molecular flexibility index (Phi) is 6.11. The Morgan fingerprint density at radius 3 is 1.85 bits per heavy atom. The predicted molar refractivity (Wildman–Crippen MR) is 62.0 cm³/mol. The van der Waals surface area contributed by atoms with Gasteiger partial charge in [0.05, 0.1) is 0 Å². The molecule has 0 saturated heterocycles. The van der Waals surface area contributed by atoms with Crippen LogP contribution < -0.4 is 0 Å². The lowest BCUT2D eigenvalue weighted by Gasteiger charge is -2.27. The van der Waals surface area contributed by atoms with Crippen LogP contribution in [0.2, 0.25) is 0 Å². The summed E-state index contributed by atoms with van der Waals surface area (Å²) in [5.41, 5.74) is 2.01. The molecule has 0 atom stereocenters. The van der Waals surface area contributed by atoms with Crippen LogP contribution in [0.4, 0.5) is 0 Å². The minimum atomic E-state index is 0.556. The normalized spacial score (nSPS) is 11.5. The van der Waals surface area contributed by atoms with E-state index in [0.29, 0.717) is 5.41 Å². The summed E-state index contributed by atoms with van der Waals surface area (Å²) in [7, 11) is 0. The first-order valence-corrected chi connectivity index (χ1v) is 5.67. The maximum absolute atomic E-state index is 2.43. The van der Waals surface area contributed by atoms with Crippen molar-refractivity contribution < 1.29 is 0 Å². The molecule has 0 heterocycles.